The van der Waals surface area contributed by atoms with Crippen LogP contribution in [0.5, 0.6) is 0 Å². The predicted molar refractivity (Wildman–Crippen MR) is 103 cm³/mol. The Morgan fingerprint density at radius 1 is 1.15 bits per heavy atom. The van der Waals surface area contributed by atoms with Gasteiger partial charge in [-0.3, -0.25) is 9.59 Å². The molecule has 2 saturated heterocycles. The van der Waals surface area contributed by atoms with E-state index >= 15 is 0 Å². The minimum atomic E-state index is -0.149. The number of amides is 2. The smallest absolute Gasteiger partial charge is 0.228 e. The van der Waals surface area contributed by atoms with Gasteiger partial charge < -0.3 is 15.1 Å². The van der Waals surface area contributed by atoms with Crippen molar-refractivity contribution in [2.24, 2.45) is 11.8 Å². The molecule has 5 heteroatoms. The number of rotatable bonds is 5. The largest absolute Gasteiger partial charge is 0.342 e. The van der Waals surface area contributed by atoms with Crippen molar-refractivity contribution in [2.45, 2.75) is 38.6 Å². The van der Waals surface area contributed by atoms with E-state index < -0.39 is 0 Å². The lowest BCUT2D eigenvalue weighted by Gasteiger charge is -2.42. The lowest BCUT2D eigenvalue weighted by atomic mass is 9.83. The second kappa shape index (κ2) is 8.67. The molecular formula is C21H31N3O2. The summed E-state index contributed by atoms with van der Waals surface area (Å²) in [6, 6.07) is 9.85. The van der Waals surface area contributed by atoms with Crippen molar-refractivity contribution in [3.63, 3.8) is 0 Å². The van der Waals surface area contributed by atoms with Crippen LogP contribution in [0.2, 0.25) is 0 Å². The van der Waals surface area contributed by atoms with Crippen molar-refractivity contribution in [3.8, 4) is 0 Å². The van der Waals surface area contributed by atoms with Crippen LogP contribution in [0, 0.1) is 11.8 Å². The zero-order valence-corrected chi connectivity index (χ0v) is 16.0. The number of nitrogens with one attached hydrogen (secondary N) is 1. The Morgan fingerprint density at radius 2 is 1.85 bits per heavy atom. The van der Waals surface area contributed by atoms with Crippen molar-refractivity contribution >= 4 is 11.8 Å². The van der Waals surface area contributed by atoms with Gasteiger partial charge in [-0.25, -0.2) is 0 Å². The molecule has 5 nitrogen and oxygen atoms in total. The number of carbonyl (C=O) groups is 2. The standard InChI is InChI=1S/C21H31N3O2/c1-3-22-15-16-11-13-24(14-12-16)21(26)18-9-10-19(25)23(2)20(18)17-7-5-4-6-8-17/h4-8,16,18,20,22H,3,9-15H2,1-2H3. The molecule has 2 amide bonds. The Morgan fingerprint density at radius 3 is 2.50 bits per heavy atom. The minimum Gasteiger partial charge on any atom is -0.342 e. The molecule has 2 atom stereocenters. The molecule has 3 rings (SSSR count). The van der Waals surface area contributed by atoms with Crippen LogP contribution in [-0.4, -0.2) is 54.8 Å². The molecule has 1 aromatic carbocycles. The van der Waals surface area contributed by atoms with Crippen molar-refractivity contribution in [3.05, 3.63) is 35.9 Å². The maximum Gasteiger partial charge on any atom is 0.228 e. The summed E-state index contributed by atoms with van der Waals surface area (Å²) in [4.78, 5) is 29.4. The molecular weight excluding hydrogens is 326 g/mol. The number of benzene rings is 1. The van der Waals surface area contributed by atoms with Gasteiger partial charge in [0.25, 0.3) is 0 Å². The highest BCUT2D eigenvalue weighted by molar-refractivity contribution is 5.85. The van der Waals surface area contributed by atoms with Gasteiger partial charge in [0, 0.05) is 26.6 Å². The maximum absolute atomic E-state index is 13.3. The molecule has 2 aliphatic rings. The molecule has 0 aliphatic carbocycles. The van der Waals surface area contributed by atoms with Crippen LogP contribution in [-0.2, 0) is 9.59 Å². The average molecular weight is 357 g/mol. The Labute approximate surface area is 156 Å². The SMILES string of the molecule is CCNCC1CCN(C(=O)C2CCC(=O)N(C)C2c2ccccc2)CC1. The van der Waals surface area contributed by atoms with Crippen molar-refractivity contribution in [2.75, 3.05) is 33.2 Å². The van der Waals surface area contributed by atoms with E-state index in [4.69, 9.17) is 0 Å². The highest BCUT2D eigenvalue weighted by Crippen LogP contribution is 2.37. The van der Waals surface area contributed by atoms with E-state index in [-0.39, 0.29) is 23.8 Å². The molecule has 142 valence electrons. The number of likely N-dealkylation sites (tertiary alicyclic amines) is 2. The van der Waals surface area contributed by atoms with Crippen LogP contribution in [0.25, 0.3) is 0 Å². The van der Waals surface area contributed by atoms with E-state index in [2.05, 4.69) is 12.2 Å². The van der Waals surface area contributed by atoms with E-state index in [1.165, 1.54) is 0 Å². The summed E-state index contributed by atoms with van der Waals surface area (Å²) in [5, 5.41) is 3.42. The molecule has 2 aliphatic heterocycles. The third kappa shape index (κ3) is 4.09. The van der Waals surface area contributed by atoms with Gasteiger partial charge in [0.05, 0.1) is 12.0 Å². The van der Waals surface area contributed by atoms with E-state index in [0.29, 0.717) is 18.8 Å². The predicted octanol–water partition coefficient (Wildman–Crippen LogP) is 2.44. The van der Waals surface area contributed by atoms with E-state index in [0.717, 1.165) is 44.6 Å². The number of carbonyl (C=O) groups excluding carboxylic acids is 2. The van der Waals surface area contributed by atoms with Crippen molar-refractivity contribution in [1.82, 2.24) is 15.1 Å². The maximum atomic E-state index is 13.3. The molecule has 0 aromatic heterocycles. The van der Waals surface area contributed by atoms with Crippen LogP contribution >= 0.6 is 0 Å². The van der Waals surface area contributed by atoms with Crippen LogP contribution in [0.15, 0.2) is 30.3 Å². The fraction of sp³-hybridized carbons (Fsp3) is 0.619. The first-order valence-corrected chi connectivity index (χ1v) is 9.92. The number of nitrogens with zero attached hydrogens (tertiary/aromatic N) is 2. The van der Waals surface area contributed by atoms with Crippen molar-refractivity contribution < 1.29 is 9.59 Å². The normalized spacial score (nSPS) is 24.8. The first kappa shape index (κ1) is 18.9. The summed E-state index contributed by atoms with van der Waals surface area (Å²) >= 11 is 0. The van der Waals surface area contributed by atoms with Crippen LogP contribution < -0.4 is 5.32 Å². The minimum absolute atomic E-state index is 0.132. The van der Waals surface area contributed by atoms with Gasteiger partial charge in [-0.2, -0.15) is 0 Å². The first-order valence-electron chi connectivity index (χ1n) is 9.92. The molecule has 0 radical (unpaired) electrons. The van der Waals surface area contributed by atoms with Crippen LogP contribution in [0.1, 0.15) is 44.2 Å². The lowest BCUT2D eigenvalue weighted by Crippen LogP contribution is -2.49. The summed E-state index contributed by atoms with van der Waals surface area (Å²) < 4.78 is 0. The second-order valence-corrected chi connectivity index (χ2v) is 7.58. The zero-order valence-electron chi connectivity index (χ0n) is 16.0. The highest BCUT2D eigenvalue weighted by atomic mass is 16.2. The molecule has 0 bridgehead atoms. The van der Waals surface area contributed by atoms with E-state index in [1.54, 1.807) is 4.90 Å². The zero-order chi connectivity index (χ0) is 18.5. The third-order valence-corrected chi connectivity index (χ3v) is 5.93. The highest BCUT2D eigenvalue weighted by Gasteiger charge is 2.41. The van der Waals surface area contributed by atoms with E-state index in [1.807, 2.05) is 42.3 Å². The number of hydrogen-bond donors (Lipinski definition) is 1. The van der Waals surface area contributed by atoms with Gasteiger partial charge in [0.2, 0.25) is 11.8 Å². The monoisotopic (exact) mass is 357 g/mol. The summed E-state index contributed by atoms with van der Waals surface area (Å²) in [5.41, 5.74) is 1.06. The summed E-state index contributed by atoms with van der Waals surface area (Å²) in [6.45, 7) is 5.85. The van der Waals surface area contributed by atoms with Gasteiger partial charge in [0.1, 0.15) is 0 Å². The molecule has 26 heavy (non-hydrogen) atoms. The molecule has 1 N–H and O–H groups in total. The lowest BCUT2D eigenvalue weighted by molar-refractivity contribution is -0.147. The fourth-order valence-electron chi connectivity index (χ4n) is 4.34. The second-order valence-electron chi connectivity index (χ2n) is 7.58. The third-order valence-electron chi connectivity index (χ3n) is 5.93. The Kier molecular flexibility index (Phi) is 6.30. The molecule has 2 fully saturated rings. The molecule has 2 unspecified atom stereocenters. The summed E-state index contributed by atoms with van der Waals surface area (Å²) in [5.74, 6) is 0.886. The van der Waals surface area contributed by atoms with E-state index in [9.17, 15) is 9.59 Å². The molecule has 0 spiro atoms. The van der Waals surface area contributed by atoms with Crippen LogP contribution in [0.3, 0.4) is 0 Å². The first-order chi connectivity index (χ1) is 12.6. The quantitative estimate of drug-likeness (QED) is 0.881. The van der Waals surface area contributed by atoms with Gasteiger partial charge >= 0.3 is 0 Å². The summed E-state index contributed by atoms with van der Waals surface area (Å²) in [7, 11) is 1.84. The Balaban J connectivity index is 1.70. The number of hydrogen-bond acceptors (Lipinski definition) is 3. The van der Waals surface area contributed by atoms with Gasteiger partial charge in [0.15, 0.2) is 0 Å². The summed E-state index contributed by atoms with van der Waals surface area (Å²) in [6.07, 6.45) is 3.25. The van der Waals surface area contributed by atoms with Gasteiger partial charge in [-0.15, -0.1) is 0 Å². The van der Waals surface area contributed by atoms with Crippen molar-refractivity contribution in [1.29, 1.82) is 0 Å². The number of piperidine rings is 2. The fourth-order valence-corrected chi connectivity index (χ4v) is 4.34. The average Bonchev–Trinajstić information content (AvgIpc) is 2.69. The van der Waals surface area contributed by atoms with Gasteiger partial charge in [-0.1, -0.05) is 37.3 Å². The molecule has 2 heterocycles. The molecule has 1 aromatic rings. The topological polar surface area (TPSA) is 52.7 Å². The Hall–Kier alpha value is -1.88. The molecule has 0 saturated carbocycles. The Bertz CT molecular complexity index is 611. The van der Waals surface area contributed by atoms with Gasteiger partial charge in [-0.05, 0) is 43.8 Å². The van der Waals surface area contributed by atoms with Crippen LogP contribution in [0.4, 0.5) is 0 Å².